The maximum atomic E-state index is 11.6. The molecule has 19 heavy (non-hydrogen) atoms. The van der Waals surface area contributed by atoms with E-state index in [4.69, 9.17) is 14.2 Å². The van der Waals surface area contributed by atoms with E-state index in [2.05, 4.69) is 5.32 Å². The quantitative estimate of drug-likeness (QED) is 0.843. The van der Waals surface area contributed by atoms with E-state index in [1.54, 1.807) is 0 Å². The Morgan fingerprint density at radius 2 is 2.00 bits per heavy atom. The molecule has 5 nitrogen and oxygen atoms in total. The van der Waals surface area contributed by atoms with Gasteiger partial charge in [-0.15, -0.1) is 0 Å². The molecule has 2 rings (SSSR count). The largest absolute Gasteiger partial charge is 0.484 e. The van der Waals surface area contributed by atoms with Gasteiger partial charge in [0.2, 0.25) is 0 Å². The summed E-state index contributed by atoms with van der Waals surface area (Å²) in [4.78, 5) is 11.6. The van der Waals surface area contributed by atoms with Gasteiger partial charge in [-0.2, -0.15) is 0 Å². The molecule has 1 N–H and O–H groups in total. The number of benzene rings is 1. The van der Waals surface area contributed by atoms with Gasteiger partial charge in [0.05, 0.1) is 13.2 Å². The molecule has 1 saturated heterocycles. The lowest BCUT2D eigenvalue weighted by atomic mass is 10.2. The third kappa shape index (κ3) is 4.54. The highest BCUT2D eigenvalue weighted by molar-refractivity contribution is 5.77. The van der Waals surface area contributed by atoms with Crippen LogP contribution in [0.1, 0.15) is 13.3 Å². The Bertz CT molecular complexity index is 401. The van der Waals surface area contributed by atoms with Gasteiger partial charge in [-0.3, -0.25) is 4.79 Å². The summed E-state index contributed by atoms with van der Waals surface area (Å²) in [6.45, 7) is 3.63. The highest BCUT2D eigenvalue weighted by Gasteiger charge is 2.30. The minimum Gasteiger partial charge on any atom is -0.484 e. The Balaban J connectivity index is 1.62. The van der Waals surface area contributed by atoms with Crippen molar-refractivity contribution in [2.24, 2.45) is 0 Å². The van der Waals surface area contributed by atoms with Gasteiger partial charge in [-0.1, -0.05) is 18.2 Å². The highest BCUT2D eigenvalue weighted by atomic mass is 16.7. The van der Waals surface area contributed by atoms with Crippen LogP contribution in [0.15, 0.2) is 30.3 Å². The van der Waals surface area contributed by atoms with E-state index >= 15 is 0 Å². The average Bonchev–Trinajstić information content (AvgIpc) is 2.85. The average molecular weight is 265 g/mol. The summed E-state index contributed by atoms with van der Waals surface area (Å²) in [5.41, 5.74) is 0. The number of rotatable bonds is 6. The van der Waals surface area contributed by atoms with Crippen LogP contribution < -0.4 is 10.1 Å². The van der Waals surface area contributed by atoms with E-state index in [0.29, 0.717) is 31.9 Å². The van der Waals surface area contributed by atoms with Gasteiger partial charge in [0, 0.05) is 13.0 Å². The smallest absolute Gasteiger partial charge is 0.257 e. The van der Waals surface area contributed by atoms with Crippen molar-refractivity contribution in [1.82, 2.24) is 5.32 Å². The number of para-hydroxylation sites is 1. The fourth-order valence-electron chi connectivity index (χ4n) is 1.85. The predicted octanol–water partition coefficient (Wildman–Crippen LogP) is 1.33. The second kappa shape index (κ2) is 6.54. The summed E-state index contributed by atoms with van der Waals surface area (Å²) >= 11 is 0. The zero-order valence-electron chi connectivity index (χ0n) is 11.1. The van der Waals surface area contributed by atoms with Crippen LogP contribution in [-0.4, -0.2) is 38.1 Å². The molecule has 1 aliphatic heterocycles. The van der Waals surface area contributed by atoms with Gasteiger partial charge in [0.1, 0.15) is 5.75 Å². The number of ether oxygens (including phenoxy) is 3. The molecule has 5 heteroatoms. The van der Waals surface area contributed by atoms with Gasteiger partial charge in [-0.25, -0.2) is 0 Å². The molecule has 1 heterocycles. The van der Waals surface area contributed by atoms with Crippen molar-refractivity contribution in [3.63, 3.8) is 0 Å². The Morgan fingerprint density at radius 1 is 1.32 bits per heavy atom. The number of nitrogens with one attached hydrogen (secondary N) is 1. The van der Waals surface area contributed by atoms with Crippen molar-refractivity contribution in [3.05, 3.63) is 30.3 Å². The molecule has 0 unspecified atom stereocenters. The molecule has 0 bridgehead atoms. The van der Waals surface area contributed by atoms with Gasteiger partial charge in [-0.05, 0) is 19.1 Å². The van der Waals surface area contributed by atoms with Crippen LogP contribution in [0, 0.1) is 0 Å². The summed E-state index contributed by atoms with van der Waals surface area (Å²) in [7, 11) is 0. The highest BCUT2D eigenvalue weighted by Crippen LogP contribution is 2.21. The van der Waals surface area contributed by atoms with E-state index in [1.807, 2.05) is 37.3 Å². The van der Waals surface area contributed by atoms with E-state index in [0.717, 1.165) is 0 Å². The SMILES string of the molecule is CC1(CCNC(=O)COc2ccccc2)OCCO1. The monoisotopic (exact) mass is 265 g/mol. The predicted molar refractivity (Wildman–Crippen MR) is 69.9 cm³/mol. The van der Waals surface area contributed by atoms with Crippen LogP contribution in [0.25, 0.3) is 0 Å². The van der Waals surface area contributed by atoms with Crippen LogP contribution in [-0.2, 0) is 14.3 Å². The molecule has 1 aliphatic rings. The third-order valence-corrected chi connectivity index (χ3v) is 2.91. The zero-order valence-corrected chi connectivity index (χ0v) is 11.1. The second-order valence-electron chi connectivity index (χ2n) is 4.53. The molecule has 0 aliphatic carbocycles. The molecule has 1 fully saturated rings. The molecule has 104 valence electrons. The van der Waals surface area contributed by atoms with E-state index in [9.17, 15) is 4.79 Å². The fraction of sp³-hybridized carbons (Fsp3) is 0.500. The molecule has 1 aromatic carbocycles. The van der Waals surface area contributed by atoms with Gasteiger partial charge in [0.25, 0.3) is 5.91 Å². The summed E-state index contributed by atoms with van der Waals surface area (Å²) in [6.07, 6.45) is 0.629. The number of hydrogen-bond acceptors (Lipinski definition) is 4. The van der Waals surface area contributed by atoms with E-state index in [1.165, 1.54) is 0 Å². The molecule has 0 saturated carbocycles. The van der Waals surface area contributed by atoms with Crippen molar-refractivity contribution in [3.8, 4) is 5.75 Å². The van der Waals surface area contributed by atoms with Crippen molar-refractivity contribution >= 4 is 5.91 Å². The zero-order chi connectivity index (χ0) is 13.6. The third-order valence-electron chi connectivity index (χ3n) is 2.91. The van der Waals surface area contributed by atoms with E-state index in [-0.39, 0.29) is 12.5 Å². The first-order chi connectivity index (χ1) is 9.18. The van der Waals surface area contributed by atoms with Crippen molar-refractivity contribution < 1.29 is 19.0 Å². The maximum Gasteiger partial charge on any atom is 0.257 e. The first kappa shape index (κ1) is 13.8. The normalized spacial score (nSPS) is 17.1. The van der Waals surface area contributed by atoms with Crippen LogP contribution in [0.4, 0.5) is 0 Å². The summed E-state index contributed by atoms with van der Waals surface area (Å²) in [5, 5.41) is 2.78. The van der Waals surface area contributed by atoms with Crippen molar-refractivity contribution in [2.75, 3.05) is 26.4 Å². The number of hydrogen-bond donors (Lipinski definition) is 1. The maximum absolute atomic E-state index is 11.6. The lowest BCUT2D eigenvalue weighted by molar-refractivity contribution is -0.146. The fourth-order valence-corrected chi connectivity index (χ4v) is 1.85. The Hall–Kier alpha value is -1.59. The Labute approximate surface area is 112 Å². The molecule has 0 atom stereocenters. The number of amides is 1. The Kier molecular flexibility index (Phi) is 4.76. The minimum absolute atomic E-state index is 0.0163. The van der Waals surface area contributed by atoms with Crippen LogP contribution in [0.2, 0.25) is 0 Å². The Morgan fingerprint density at radius 3 is 2.68 bits per heavy atom. The number of carbonyl (C=O) groups is 1. The van der Waals surface area contributed by atoms with Crippen LogP contribution >= 0.6 is 0 Å². The van der Waals surface area contributed by atoms with Crippen molar-refractivity contribution in [1.29, 1.82) is 0 Å². The van der Waals surface area contributed by atoms with Crippen molar-refractivity contribution in [2.45, 2.75) is 19.1 Å². The summed E-state index contributed by atoms with van der Waals surface area (Å²) in [6, 6.07) is 9.25. The molecule has 1 amide bonds. The van der Waals surface area contributed by atoms with Crippen LogP contribution in [0.5, 0.6) is 5.75 Å². The van der Waals surface area contributed by atoms with Gasteiger partial charge < -0.3 is 19.5 Å². The second-order valence-corrected chi connectivity index (χ2v) is 4.53. The minimum atomic E-state index is -0.562. The molecule has 0 spiro atoms. The topological polar surface area (TPSA) is 56.8 Å². The summed E-state index contributed by atoms with van der Waals surface area (Å²) < 4.78 is 16.2. The lowest BCUT2D eigenvalue weighted by Gasteiger charge is -2.22. The first-order valence-electron chi connectivity index (χ1n) is 6.40. The molecular formula is C14H19NO4. The summed E-state index contributed by atoms with van der Waals surface area (Å²) in [5.74, 6) is -0.0226. The van der Waals surface area contributed by atoms with Crippen LogP contribution in [0.3, 0.4) is 0 Å². The molecule has 0 radical (unpaired) electrons. The van der Waals surface area contributed by atoms with Gasteiger partial charge in [0.15, 0.2) is 12.4 Å². The first-order valence-corrected chi connectivity index (χ1v) is 6.40. The molecular weight excluding hydrogens is 246 g/mol. The lowest BCUT2D eigenvalue weighted by Crippen LogP contribution is -2.35. The number of carbonyl (C=O) groups excluding carboxylic acids is 1. The van der Waals surface area contributed by atoms with E-state index < -0.39 is 5.79 Å². The van der Waals surface area contributed by atoms with Gasteiger partial charge >= 0.3 is 0 Å². The standard InChI is InChI=1S/C14H19NO4/c1-14(18-9-10-19-14)7-8-15-13(16)11-17-12-5-3-2-4-6-12/h2-6H,7-11H2,1H3,(H,15,16). The molecule has 0 aromatic heterocycles. The molecule has 1 aromatic rings.